The van der Waals surface area contributed by atoms with Gasteiger partial charge in [-0.3, -0.25) is 0 Å². The minimum atomic E-state index is -0.205. The molecule has 6 rings (SSSR count). The van der Waals surface area contributed by atoms with E-state index in [2.05, 4.69) is 25.1 Å². The number of halogens is 1. The van der Waals surface area contributed by atoms with Crippen LogP contribution in [0.3, 0.4) is 0 Å². The molecule has 8 nitrogen and oxygen atoms in total. The van der Waals surface area contributed by atoms with E-state index >= 15 is 0 Å². The van der Waals surface area contributed by atoms with Gasteiger partial charge in [-0.2, -0.15) is 5.10 Å². The molecule has 1 atom stereocenters. The summed E-state index contributed by atoms with van der Waals surface area (Å²) in [4.78, 5) is 9.91. The van der Waals surface area contributed by atoms with Crippen molar-refractivity contribution >= 4 is 23.1 Å². The van der Waals surface area contributed by atoms with Crippen LogP contribution in [0.15, 0.2) is 35.1 Å². The molecule has 2 aliphatic rings. The van der Waals surface area contributed by atoms with Crippen LogP contribution in [0.2, 0.25) is 5.02 Å². The summed E-state index contributed by atoms with van der Waals surface area (Å²) < 4.78 is 7.79. The normalized spacial score (nSPS) is 19.6. The van der Waals surface area contributed by atoms with Crippen LogP contribution in [0, 0.1) is 0 Å². The van der Waals surface area contributed by atoms with Gasteiger partial charge in [0.15, 0.2) is 0 Å². The van der Waals surface area contributed by atoms with Crippen LogP contribution < -0.4 is 4.90 Å². The van der Waals surface area contributed by atoms with Gasteiger partial charge in [0.1, 0.15) is 6.04 Å². The van der Waals surface area contributed by atoms with Crippen LogP contribution in [0.5, 0.6) is 0 Å². The smallest absolute Gasteiger partial charge is 0.319 e. The Morgan fingerprint density at radius 1 is 1.26 bits per heavy atom. The maximum absolute atomic E-state index is 6.35. The van der Waals surface area contributed by atoms with Crippen LogP contribution in [0.25, 0.3) is 5.52 Å². The van der Waals surface area contributed by atoms with E-state index in [0.29, 0.717) is 17.0 Å². The summed E-state index contributed by atoms with van der Waals surface area (Å²) >= 11 is 6.35. The summed E-state index contributed by atoms with van der Waals surface area (Å²) in [5, 5.41) is 14.0. The monoisotopic (exact) mass is 381 g/mol. The molecule has 9 heteroatoms. The fourth-order valence-electron chi connectivity index (χ4n) is 3.75. The number of imidazole rings is 1. The third kappa shape index (κ3) is 2.36. The average Bonchev–Trinajstić information content (AvgIpc) is 3.11. The van der Waals surface area contributed by atoms with Crippen molar-refractivity contribution in [2.75, 3.05) is 11.4 Å². The molecule has 4 aromatic heterocycles. The maximum Gasteiger partial charge on any atom is 0.319 e. The molecule has 0 aromatic carbocycles. The Balaban J connectivity index is 1.49. The number of nitrogens with zero attached hydrogens (tertiary/aromatic N) is 6. The number of hydrogen-bond donors (Lipinski definition) is 1. The largest absolute Gasteiger partial charge is 0.408 e. The van der Waals surface area contributed by atoms with Crippen molar-refractivity contribution < 1.29 is 4.42 Å². The Bertz CT molecular complexity index is 1140. The van der Waals surface area contributed by atoms with Gasteiger partial charge in [0.2, 0.25) is 5.89 Å². The predicted molar refractivity (Wildman–Crippen MR) is 98.0 cm³/mol. The summed E-state index contributed by atoms with van der Waals surface area (Å²) in [6, 6.07) is 6.06. The van der Waals surface area contributed by atoms with E-state index in [1.807, 2.05) is 24.4 Å². The standard InChI is InChI=1S/C18H16ClN7O/c19-11-2-1-6-26-14(11)8-13(24-26)16-15-12(20-9-21-15)5-7-25(16)18-23-22-17(27-18)10-3-4-10/h1-2,6,8-10,16H,3-5,7H2,(H,20,21)/t16-/m1/s1. The van der Waals surface area contributed by atoms with Gasteiger partial charge in [-0.25, -0.2) is 9.50 Å². The van der Waals surface area contributed by atoms with Gasteiger partial charge >= 0.3 is 6.01 Å². The summed E-state index contributed by atoms with van der Waals surface area (Å²) in [5.41, 5.74) is 3.76. The highest BCUT2D eigenvalue weighted by atomic mass is 35.5. The number of hydrogen-bond acceptors (Lipinski definition) is 6. The van der Waals surface area contributed by atoms with E-state index < -0.39 is 0 Å². The first kappa shape index (κ1) is 15.2. The van der Waals surface area contributed by atoms with E-state index in [4.69, 9.17) is 21.1 Å². The van der Waals surface area contributed by atoms with Gasteiger partial charge in [0.05, 0.1) is 28.3 Å². The van der Waals surface area contributed by atoms with Crippen LogP contribution >= 0.6 is 11.6 Å². The lowest BCUT2D eigenvalue weighted by molar-refractivity contribution is 0.463. The zero-order chi connectivity index (χ0) is 18.0. The summed E-state index contributed by atoms with van der Waals surface area (Å²) in [6.45, 7) is 0.744. The van der Waals surface area contributed by atoms with E-state index in [1.54, 1.807) is 10.8 Å². The molecule has 4 aromatic rings. The highest BCUT2D eigenvalue weighted by Crippen LogP contribution is 2.42. The van der Waals surface area contributed by atoms with E-state index in [-0.39, 0.29) is 6.04 Å². The van der Waals surface area contributed by atoms with Crippen molar-refractivity contribution in [2.24, 2.45) is 0 Å². The summed E-state index contributed by atoms with van der Waals surface area (Å²) in [5.74, 6) is 1.15. The van der Waals surface area contributed by atoms with Gasteiger partial charge in [0.25, 0.3) is 0 Å². The van der Waals surface area contributed by atoms with Gasteiger partial charge in [0, 0.05) is 30.8 Å². The fourth-order valence-corrected chi connectivity index (χ4v) is 3.97. The van der Waals surface area contributed by atoms with Crippen molar-refractivity contribution in [3.05, 3.63) is 58.7 Å². The molecular weight excluding hydrogens is 366 g/mol. The molecule has 0 saturated heterocycles. The van der Waals surface area contributed by atoms with Crippen molar-refractivity contribution in [2.45, 2.75) is 31.2 Å². The van der Waals surface area contributed by atoms with Crippen LogP contribution in [-0.4, -0.2) is 36.3 Å². The number of H-pyrrole nitrogens is 1. The predicted octanol–water partition coefficient (Wildman–Crippen LogP) is 3.12. The molecule has 0 radical (unpaired) electrons. The maximum atomic E-state index is 6.35. The van der Waals surface area contributed by atoms with Crippen LogP contribution in [0.1, 0.15) is 47.8 Å². The van der Waals surface area contributed by atoms with E-state index in [0.717, 1.165) is 54.3 Å². The molecule has 1 aliphatic heterocycles. The molecule has 0 spiro atoms. The summed E-state index contributed by atoms with van der Waals surface area (Å²) in [6.07, 6.45) is 6.70. The Labute approximate surface area is 159 Å². The number of pyridine rings is 1. The molecule has 1 saturated carbocycles. The molecule has 5 heterocycles. The molecule has 1 fully saturated rings. The van der Waals surface area contributed by atoms with Gasteiger partial charge in [-0.15, -0.1) is 5.10 Å². The topological polar surface area (TPSA) is 88.1 Å². The van der Waals surface area contributed by atoms with Crippen molar-refractivity contribution in [1.29, 1.82) is 0 Å². The molecule has 0 bridgehead atoms. The molecule has 0 amide bonds. The Kier molecular flexibility index (Phi) is 3.13. The van der Waals surface area contributed by atoms with Gasteiger partial charge in [-0.1, -0.05) is 16.7 Å². The molecule has 0 unspecified atom stereocenters. The number of rotatable bonds is 3. The first-order valence-corrected chi connectivity index (χ1v) is 9.42. The zero-order valence-corrected chi connectivity index (χ0v) is 15.1. The third-order valence-corrected chi connectivity index (χ3v) is 5.60. The second-order valence-corrected chi connectivity index (χ2v) is 7.47. The lowest BCUT2D eigenvalue weighted by Gasteiger charge is -2.32. The average molecular weight is 382 g/mol. The number of aromatic nitrogens is 6. The van der Waals surface area contributed by atoms with Crippen LogP contribution in [0.4, 0.5) is 6.01 Å². The SMILES string of the molecule is Clc1cccn2nc([C@@H]3c4nc[nH]c4CCN3c3nnc(C4CC4)o3)cc12. The second-order valence-electron chi connectivity index (χ2n) is 7.06. The second kappa shape index (κ2) is 5.56. The minimum Gasteiger partial charge on any atom is -0.408 e. The minimum absolute atomic E-state index is 0.205. The molecule has 1 aliphatic carbocycles. The number of nitrogens with one attached hydrogen (secondary N) is 1. The van der Waals surface area contributed by atoms with Gasteiger partial charge in [-0.05, 0) is 31.0 Å². The first-order chi connectivity index (χ1) is 13.3. The molecule has 1 N–H and O–H groups in total. The number of fused-ring (bicyclic) bond motifs is 2. The molecule has 27 heavy (non-hydrogen) atoms. The Hall–Kier alpha value is -2.87. The molecule has 136 valence electrons. The Morgan fingerprint density at radius 3 is 3.04 bits per heavy atom. The van der Waals surface area contributed by atoms with Crippen molar-refractivity contribution in [3.63, 3.8) is 0 Å². The lowest BCUT2D eigenvalue weighted by Crippen LogP contribution is -2.36. The first-order valence-electron chi connectivity index (χ1n) is 9.04. The highest BCUT2D eigenvalue weighted by Gasteiger charge is 2.37. The highest BCUT2D eigenvalue weighted by molar-refractivity contribution is 6.33. The Morgan fingerprint density at radius 2 is 2.19 bits per heavy atom. The third-order valence-electron chi connectivity index (χ3n) is 5.28. The van der Waals surface area contributed by atoms with E-state index in [1.165, 1.54) is 0 Å². The number of aromatic amines is 1. The molecular formula is C18H16ClN7O. The van der Waals surface area contributed by atoms with E-state index in [9.17, 15) is 0 Å². The zero-order valence-electron chi connectivity index (χ0n) is 14.3. The lowest BCUT2D eigenvalue weighted by atomic mass is 10.0. The van der Waals surface area contributed by atoms with Crippen LogP contribution in [-0.2, 0) is 6.42 Å². The van der Waals surface area contributed by atoms with Crippen molar-refractivity contribution in [3.8, 4) is 0 Å². The quantitative estimate of drug-likeness (QED) is 0.586. The summed E-state index contributed by atoms with van der Waals surface area (Å²) in [7, 11) is 0. The fraction of sp³-hybridized carbons (Fsp3) is 0.333. The van der Waals surface area contributed by atoms with Crippen molar-refractivity contribution in [1.82, 2.24) is 29.8 Å². The number of anilines is 1. The van der Waals surface area contributed by atoms with Gasteiger partial charge < -0.3 is 14.3 Å².